The van der Waals surface area contributed by atoms with Crippen LogP contribution in [0.25, 0.3) is 0 Å². The van der Waals surface area contributed by atoms with Gasteiger partial charge in [-0.25, -0.2) is 8.42 Å². The van der Waals surface area contributed by atoms with Crippen LogP contribution in [0.1, 0.15) is 25.7 Å². The molecule has 0 amide bonds. The summed E-state index contributed by atoms with van der Waals surface area (Å²) in [5, 5.41) is -0.110. The molecule has 0 radical (unpaired) electrons. The monoisotopic (exact) mass is 261 g/mol. The van der Waals surface area contributed by atoms with E-state index in [4.69, 9.17) is 4.74 Å². The Kier molecular flexibility index (Phi) is 4.44. The standard InChI is InChI=1S/C12H23NO3S/c1-17(14,15)12-4-6-13(7-5-12)9-11-3-2-8-16-10-11/h11-12H,2-10H2,1H3. The Morgan fingerprint density at radius 3 is 2.47 bits per heavy atom. The highest BCUT2D eigenvalue weighted by Crippen LogP contribution is 2.20. The van der Waals surface area contributed by atoms with Gasteiger partial charge in [-0.15, -0.1) is 0 Å². The number of sulfone groups is 1. The van der Waals surface area contributed by atoms with E-state index in [1.165, 1.54) is 19.1 Å². The fraction of sp³-hybridized carbons (Fsp3) is 1.00. The molecular weight excluding hydrogens is 238 g/mol. The Morgan fingerprint density at radius 2 is 1.94 bits per heavy atom. The molecule has 2 saturated heterocycles. The average molecular weight is 261 g/mol. The quantitative estimate of drug-likeness (QED) is 0.758. The third-order valence-corrected chi connectivity index (χ3v) is 5.59. The van der Waals surface area contributed by atoms with Crippen molar-refractivity contribution in [2.75, 3.05) is 39.1 Å². The minimum absolute atomic E-state index is 0.110. The molecule has 100 valence electrons. The molecule has 0 aromatic heterocycles. The summed E-state index contributed by atoms with van der Waals surface area (Å²) >= 11 is 0. The van der Waals surface area contributed by atoms with E-state index >= 15 is 0 Å². The van der Waals surface area contributed by atoms with Crippen molar-refractivity contribution in [1.29, 1.82) is 0 Å². The summed E-state index contributed by atoms with van der Waals surface area (Å²) in [6, 6.07) is 0. The summed E-state index contributed by atoms with van der Waals surface area (Å²) in [6.07, 6.45) is 5.39. The van der Waals surface area contributed by atoms with Crippen molar-refractivity contribution in [3.8, 4) is 0 Å². The highest BCUT2D eigenvalue weighted by molar-refractivity contribution is 7.91. The Balaban J connectivity index is 1.75. The maximum atomic E-state index is 11.4. The first-order valence-corrected chi connectivity index (χ1v) is 8.50. The normalized spacial score (nSPS) is 29.4. The largest absolute Gasteiger partial charge is 0.381 e. The van der Waals surface area contributed by atoms with E-state index < -0.39 is 9.84 Å². The van der Waals surface area contributed by atoms with Gasteiger partial charge in [-0.1, -0.05) is 0 Å². The van der Waals surface area contributed by atoms with Crippen LogP contribution in [0.15, 0.2) is 0 Å². The van der Waals surface area contributed by atoms with E-state index in [0.29, 0.717) is 5.92 Å². The van der Waals surface area contributed by atoms with Crippen molar-refractivity contribution in [3.05, 3.63) is 0 Å². The molecule has 1 atom stereocenters. The molecule has 0 saturated carbocycles. The van der Waals surface area contributed by atoms with Crippen molar-refractivity contribution in [1.82, 2.24) is 4.90 Å². The van der Waals surface area contributed by atoms with Crippen LogP contribution in [0, 0.1) is 5.92 Å². The van der Waals surface area contributed by atoms with Crippen molar-refractivity contribution < 1.29 is 13.2 Å². The van der Waals surface area contributed by atoms with Gasteiger partial charge in [0.2, 0.25) is 0 Å². The number of likely N-dealkylation sites (tertiary alicyclic amines) is 1. The van der Waals surface area contributed by atoms with Gasteiger partial charge in [0.1, 0.15) is 9.84 Å². The van der Waals surface area contributed by atoms with E-state index in [1.807, 2.05) is 0 Å². The van der Waals surface area contributed by atoms with Gasteiger partial charge in [0.05, 0.1) is 11.9 Å². The smallest absolute Gasteiger partial charge is 0.150 e. The van der Waals surface area contributed by atoms with E-state index in [1.54, 1.807) is 0 Å². The van der Waals surface area contributed by atoms with E-state index in [9.17, 15) is 8.42 Å². The van der Waals surface area contributed by atoms with Crippen LogP contribution < -0.4 is 0 Å². The number of hydrogen-bond donors (Lipinski definition) is 0. The van der Waals surface area contributed by atoms with E-state index in [2.05, 4.69) is 4.90 Å². The fourth-order valence-electron chi connectivity index (χ4n) is 2.84. The molecule has 0 aliphatic carbocycles. The second-order valence-electron chi connectivity index (χ2n) is 5.41. The third kappa shape index (κ3) is 3.93. The van der Waals surface area contributed by atoms with Crippen molar-refractivity contribution in [2.45, 2.75) is 30.9 Å². The molecule has 4 nitrogen and oxygen atoms in total. The fourth-order valence-corrected chi connectivity index (χ4v) is 3.90. The summed E-state index contributed by atoms with van der Waals surface area (Å²) in [5.74, 6) is 0.651. The maximum absolute atomic E-state index is 11.4. The number of ether oxygens (including phenoxy) is 1. The van der Waals surface area contributed by atoms with Crippen LogP contribution in [-0.2, 0) is 14.6 Å². The van der Waals surface area contributed by atoms with Gasteiger partial charge in [-0.05, 0) is 44.7 Å². The first kappa shape index (κ1) is 13.3. The summed E-state index contributed by atoms with van der Waals surface area (Å²) in [5.41, 5.74) is 0. The predicted octanol–water partition coefficient (Wildman–Crippen LogP) is 0.922. The molecule has 1 unspecified atom stereocenters. The van der Waals surface area contributed by atoms with Gasteiger partial charge >= 0.3 is 0 Å². The van der Waals surface area contributed by atoms with Crippen LogP contribution in [-0.4, -0.2) is 57.7 Å². The lowest BCUT2D eigenvalue weighted by Gasteiger charge is -2.34. The zero-order valence-corrected chi connectivity index (χ0v) is 11.4. The molecule has 0 bridgehead atoms. The molecular formula is C12H23NO3S. The Labute approximate surface area is 104 Å². The predicted molar refractivity (Wildman–Crippen MR) is 67.8 cm³/mol. The lowest BCUT2D eigenvalue weighted by atomic mass is 10.0. The Hall–Kier alpha value is -0.130. The van der Waals surface area contributed by atoms with Gasteiger partial charge in [0.15, 0.2) is 0 Å². The molecule has 2 heterocycles. The third-order valence-electron chi connectivity index (χ3n) is 3.91. The zero-order chi connectivity index (χ0) is 12.3. The van der Waals surface area contributed by atoms with Crippen molar-refractivity contribution in [2.24, 2.45) is 5.92 Å². The lowest BCUT2D eigenvalue weighted by Crippen LogP contribution is -2.42. The number of piperidine rings is 1. The topological polar surface area (TPSA) is 46.6 Å². The Morgan fingerprint density at radius 1 is 1.24 bits per heavy atom. The summed E-state index contributed by atoms with van der Waals surface area (Å²) in [4.78, 5) is 2.40. The Bertz CT molecular complexity index is 328. The minimum atomic E-state index is -2.83. The summed E-state index contributed by atoms with van der Waals surface area (Å²) < 4.78 is 28.4. The van der Waals surface area contributed by atoms with E-state index in [0.717, 1.165) is 45.7 Å². The maximum Gasteiger partial charge on any atom is 0.150 e. The number of nitrogens with zero attached hydrogens (tertiary/aromatic N) is 1. The van der Waals surface area contributed by atoms with E-state index in [-0.39, 0.29) is 5.25 Å². The highest BCUT2D eigenvalue weighted by Gasteiger charge is 2.27. The van der Waals surface area contributed by atoms with Gasteiger partial charge in [0.25, 0.3) is 0 Å². The molecule has 0 aromatic carbocycles. The molecule has 5 heteroatoms. The second-order valence-corrected chi connectivity index (χ2v) is 7.74. The van der Waals surface area contributed by atoms with Gasteiger partial charge in [-0.2, -0.15) is 0 Å². The minimum Gasteiger partial charge on any atom is -0.381 e. The highest BCUT2D eigenvalue weighted by atomic mass is 32.2. The molecule has 2 aliphatic heterocycles. The molecule has 2 aliphatic rings. The number of hydrogen-bond acceptors (Lipinski definition) is 4. The second kappa shape index (κ2) is 5.67. The van der Waals surface area contributed by atoms with Crippen LogP contribution in [0.3, 0.4) is 0 Å². The average Bonchev–Trinajstić information content (AvgIpc) is 2.30. The molecule has 2 rings (SSSR count). The zero-order valence-electron chi connectivity index (χ0n) is 10.6. The first-order chi connectivity index (χ1) is 8.05. The molecule has 2 fully saturated rings. The van der Waals surface area contributed by atoms with Crippen LogP contribution in [0.4, 0.5) is 0 Å². The molecule has 0 aromatic rings. The molecule has 0 spiro atoms. The van der Waals surface area contributed by atoms with Crippen LogP contribution in [0.5, 0.6) is 0 Å². The first-order valence-electron chi connectivity index (χ1n) is 6.54. The lowest BCUT2D eigenvalue weighted by molar-refractivity contribution is 0.0358. The molecule has 17 heavy (non-hydrogen) atoms. The van der Waals surface area contributed by atoms with Crippen LogP contribution in [0.2, 0.25) is 0 Å². The summed E-state index contributed by atoms with van der Waals surface area (Å²) in [6.45, 7) is 4.72. The summed E-state index contributed by atoms with van der Waals surface area (Å²) in [7, 11) is -2.83. The van der Waals surface area contributed by atoms with Gasteiger partial charge < -0.3 is 9.64 Å². The molecule has 0 N–H and O–H groups in total. The van der Waals surface area contributed by atoms with Crippen LogP contribution >= 0.6 is 0 Å². The number of rotatable bonds is 3. The SMILES string of the molecule is CS(=O)(=O)C1CCN(CC2CCCOC2)CC1. The van der Waals surface area contributed by atoms with Gasteiger partial charge in [0, 0.05) is 19.4 Å². The van der Waals surface area contributed by atoms with Crippen molar-refractivity contribution in [3.63, 3.8) is 0 Å². The van der Waals surface area contributed by atoms with Crippen molar-refractivity contribution >= 4 is 9.84 Å². The van der Waals surface area contributed by atoms with Gasteiger partial charge in [-0.3, -0.25) is 0 Å².